The highest BCUT2D eigenvalue weighted by Gasteiger charge is 2.17. The molecule has 1 heterocycles. The Bertz CT molecular complexity index is 1130. The molecule has 0 spiro atoms. The van der Waals surface area contributed by atoms with Gasteiger partial charge in [-0.2, -0.15) is 0 Å². The molecule has 0 saturated heterocycles. The van der Waals surface area contributed by atoms with Gasteiger partial charge < -0.3 is 29.8 Å². The Morgan fingerprint density at radius 2 is 1.83 bits per heavy atom. The Kier molecular flexibility index (Phi) is 5.54. The molecule has 3 N–H and O–H groups in total. The number of carboxylic acids is 1. The van der Waals surface area contributed by atoms with Crippen LogP contribution in [0, 0.1) is 6.92 Å². The molecule has 8 nitrogen and oxygen atoms in total. The third-order valence-electron chi connectivity index (χ3n) is 4.56. The van der Waals surface area contributed by atoms with Crippen LogP contribution >= 0.6 is 0 Å². The van der Waals surface area contributed by atoms with Gasteiger partial charge in [-0.15, -0.1) is 0 Å². The van der Waals surface area contributed by atoms with Crippen LogP contribution in [0.4, 0.5) is 0 Å². The average molecular weight is 396 g/mol. The van der Waals surface area contributed by atoms with Crippen LogP contribution in [-0.4, -0.2) is 28.1 Å². The summed E-state index contributed by atoms with van der Waals surface area (Å²) in [5.41, 5.74) is 0.782. The number of carbonyl (C=O) groups is 2. The first-order valence-corrected chi connectivity index (χ1v) is 8.78. The lowest BCUT2D eigenvalue weighted by atomic mass is 10.0. The number of phenolic OH excluding ortho intramolecular Hbond substituents is 2. The molecule has 1 atom stereocenters. The molecule has 0 aliphatic heterocycles. The number of hydrogen-bond donors (Lipinski definition) is 3. The lowest BCUT2D eigenvalue weighted by Gasteiger charge is -2.20. The van der Waals surface area contributed by atoms with Gasteiger partial charge in [-0.1, -0.05) is 12.1 Å². The quantitative estimate of drug-likeness (QED) is 0.516. The van der Waals surface area contributed by atoms with Crippen molar-refractivity contribution in [1.29, 1.82) is 0 Å². The molecule has 0 saturated carbocycles. The third-order valence-corrected chi connectivity index (χ3v) is 4.56. The standard InChI is InChI=1S/C21H19NO7/c1-11-17(24)7-6-15-13(10-19(26)29-20(11)15)9-18(25)22-16(21(27)28)8-12-2-4-14(23)5-3-12/h2-7,10,16,23-24H,8-9H2,1H3,(H,22,25)(H,27,28)/p-1/t16-/m0/s1. The Hall–Kier alpha value is -3.81. The Morgan fingerprint density at radius 3 is 2.48 bits per heavy atom. The minimum atomic E-state index is -1.45. The number of nitrogens with one attached hydrogen (secondary N) is 1. The maximum atomic E-state index is 12.5. The summed E-state index contributed by atoms with van der Waals surface area (Å²) in [5.74, 6) is -2.08. The molecule has 29 heavy (non-hydrogen) atoms. The van der Waals surface area contributed by atoms with Gasteiger partial charge in [0.25, 0.3) is 0 Å². The first-order chi connectivity index (χ1) is 13.7. The van der Waals surface area contributed by atoms with Crippen molar-refractivity contribution in [2.45, 2.75) is 25.8 Å². The first-order valence-electron chi connectivity index (χ1n) is 8.78. The van der Waals surface area contributed by atoms with E-state index in [-0.39, 0.29) is 29.9 Å². The molecule has 2 aromatic carbocycles. The summed E-state index contributed by atoms with van der Waals surface area (Å²) < 4.78 is 5.13. The lowest BCUT2D eigenvalue weighted by molar-refractivity contribution is -0.308. The molecule has 1 aromatic heterocycles. The van der Waals surface area contributed by atoms with E-state index in [2.05, 4.69) is 5.32 Å². The van der Waals surface area contributed by atoms with E-state index in [1.165, 1.54) is 24.3 Å². The van der Waals surface area contributed by atoms with Gasteiger partial charge in [-0.05, 0) is 48.7 Å². The topological polar surface area (TPSA) is 140 Å². The number of phenols is 2. The zero-order chi connectivity index (χ0) is 21.1. The van der Waals surface area contributed by atoms with Crippen LogP contribution < -0.4 is 16.0 Å². The second kappa shape index (κ2) is 8.05. The predicted molar refractivity (Wildman–Crippen MR) is 101 cm³/mol. The van der Waals surface area contributed by atoms with Gasteiger partial charge in [-0.25, -0.2) is 4.79 Å². The molecule has 3 aromatic rings. The molecule has 0 unspecified atom stereocenters. The van der Waals surface area contributed by atoms with Gasteiger partial charge in [0, 0.05) is 17.0 Å². The van der Waals surface area contributed by atoms with Crippen LogP contribution in [0.25, 0.3) is 11.0 Å². The van der Waals surface area contributed by atoms with Crippen LogP contribution in [0.1, 0.15) is 16.7 Å². The largest absolute Gasteiger partial charge is 0.548 e. The SMILES string of the molecule is Cc1c(O)ccc2c(CC(=O)N[C@@H](Cc3ccc(O)cc3)C(=O)[O-])cc(=O)oc12. The van der Waals surface area contributed by atoms with Crippen molar-refractivity contribution in [3.05, 3.63) is 69.6 Å². The lowest BCUT2D eigenvalue weighted by Crippen LogP contribution is -2.49. The van der Waals surface area contributed by atoms with E-state index in [9.17, 15) is 29.7 Å². The summed E-state index contributed by atoms with van der Waals surface area (Å²) >= 11 is 0. The number of benzene rings is 2. The van der Waals surface area contributed by atoms with Crippen molar-refractivity contribution in [3.63, 3.8) is 0 Å². The van der Waals surface area contributed by atoms with Crippen molar-refractivity contribution in [1.82, 2.24) is 5.32 Å². The van der Waals surface area contributed by atoms with E-state index in [1.807, 2.05) is 0 Å². The summed E-state index contributed by atoms with van der Waals surface area (Å²) in [6.45, 7) is 1.58. The monoisotopic (exact) mass is 396 g/mol. The number of fused-ring (bicyclic) bond motifs is 1. The van der Waals surface area contributed by atoms with Gasteiger partial charge in [0.1, 0.15) is 17.1 Å². The fourth-order valence-electron chi connectivity index (χ4n) is 3.04. The molecule has 0 aliphatic rings. The van der Waals surface area contributed by atoms with Gasteiger partial charge in [0.05, 0.1) is 18.4 Å². The van der Waals surface area contributed by atoms with Gasteiger partial charge >= 0.3 is 5.63 Å². The summed E-state index contributed by atoms with van der Waals surface area (Å²) in [5, 5.41) is 33.4. The predicted octanol–water partition coefficient (Wildman–Crippen LogP) is 0.533. The number of aliphatic carboxylic acids is 1. The van der Waals surface area contributed by atoms with E-state index < -0.39 is 23.5 Å². The molecule has 150 valence electrons. The van der Waals surface area contributed by atoms with Crippen LogP contribution in [0.3, 0.4) is 0 Å². The van der Waals surface area contributed by atoms with Gasteiger partial charge in [0.2, 0.25) is 5.91 Å². The zero-order valence-corrected chi connectivity index (χ0v) is 15.5. The van der Waals surface area contributed by atoms with Crippen LogP contribution in [-0.2, 0) is 22.4 Å². The first kappa shape index (κ1) is 19.9. The molecule has 0 fully saturated rings. The summed E-state index contributed by atoms with van der Waals surface area (Å²) in [7, 11) is 0. The fraction of sp³-hybridized carbons (Fsp3) is 0.190. The second-order valence-corrected chi connectivity index (χ2v) is 6.66. The Labute approximate surface area is 165 Å². The normalized spacial score (nSPS) is 11.9. The summed E-state index contributed by atoms with van der Waals surface area (Å²) in [6, 6.07) is 8.73. The van der Waals surface area contributed by atoms with Crippen molar-refractivity contribution < 1.29 is 29.3 Å². The number of rotatable bonds is 6. The maximum Gasteiger partial charge on any atom is 0.336 e. The molecule has 8 heteroatoms. The molecule has 1 amide bonds. The molecular weight excluding hydrogens is 378 g/mol. The van der Waals surface area contributed by atoms with E-state index in [1.54, 1.807) is 19.1 Å². The van der Waals surface area contributed by atoms with E-state index in [0.29, 0.717) is 22.1 Å². The molecule has 3 rings (SSSR count). The van der Waals surface area contributed by atoms with Crippen molar-refractivity contribution in [2.24, 2.45) is 0 Å². The third kappa shape index (κ3) is 4.55. The van der Waals surface area contributed by atoms with Crippen molar-refractivity contribution in [2.75, 3.05) is 0 Å². The van der Waals surface area contributed by atoms with Crippen LogP contribution in [0.2, 0.25) is 0 Å². The van der Waals surface area contributed by atoms with Gasteiger partial charge in [0.15, 0.2) is 0 Å². The molecule has 0 radical (unpaired) electrons. The number of aryl methyl sites for hydroxylation is 1. The maximum absolute atomic E-state index is 12.5. The minimum Gasteiger partial charge on any atom is -0.548 e. The molecule has 0 bridgehead atoms. The Balaban J connectivity index is 1.82. The summed E-state index contributed by atoms with van der Waals surface area (Å²) in [4.78, 5) is 35.7. The van der Waals surface area contributed by atoms with Crippen molar-refractivity contribution in [3.8, 4) is 11.5 Å². The van der Waals surface area contributed by atoms with Gasteiger partial charge in [-0.3, -0.25) is 4.79 Å². The number of hydrogen-bond acceptors (Lipinski definition) is 7. The zero-order valence-electron chi connectivity index (χ0n) is 15.5. The molecular formula is C21H18NO7-. The number of aromatic hydroxyl groups is 2. The summed E-state index contributed by atoms with van der Waals surface area (Å²) in [6.07, 6.45) is -0.287. The molecule has 0 aliphatic carbocycles. The number of carbonyl (C=O) groups excluding carboxylic acids is 2. The number of amides is 1. The van der Waals surface area contributed by atoms with E-state index in [4.69, 9.17) is 4.42 Å². The highest BCUT2D eigenvalue weighted by Crippen LogP contribution is 2.27. The second-order valence-electron chi connectivity index (χ2n) is 6.66. The number of carboxylic acid groups (broad SMARTS) is 1. The van der Waals surface area contributed by atoms with Crippen LogP contribution in [0.5, 0.6) is 11.5 Å². The minimum absolute atomic E-state index is 0.0288. The van der Waals surface area contributed by atoms with E-state index in [0.717, 1.165) is 6.07 Å². The fourth-order valence-corrected chi connectivity index (χ4v) is 3.04. The highest BCUT2D eigenvalue weighted by molar-refractivity contribution is 5.90. The Morgan fingerprint density at radius 1 is 1.14 bits per heavy atom. The average Bonchev–Trinajstić information content (AvgIpc) is 2.66. The highest BCUT2D eigenvalue weighted by atomic mass is 16.4. The van der Waals surface area contributed by atoms with Crippen LogP contribution in [0.15, 0.2) is 51.7 Å². The smallest absolute Gasteiger partial charge is 0.336 e. The van der Waals surface area contributed by atoms with E-state index >= 15 is 0 Å². The van der Waals surface area contributed by atoms with Crippen molar-refractivity contribution >= 4 is 22.8 Å².